The van der Waals surface area contributed by atoms with E-state index in [1.807, 2.05) is 0 Å². The number of fused-ring (bicyclic) bond motifs is 1. The fourth-order valence-electron chi connectivity index (χ4n) is 3.42. The van der Waals surface area contributed by atoms with Crippen LogP contribution >= 0.6 is 0 Å². The molecule has 0 spiro atoms. The van der Waals surface area contributed by atoms with E-state index >= 15 is 0 Å². The van der Waals surface area contributed by atoms with Gasteiger partial charge in [0, 0.05) is 0 Å². The van der Waals surface area contributed by atoms with Crippen LogP contribution < -0.4 is 0 Å². The summed E-state index contributed by atoms with van der Waals surface area (Å²) in [5.74, 6) is 3.90. The van der Waals surface area contributed by atoms with Gasteiger partial charge in [-0.1, -0.05) is 24.3 Å². The summed E-state index contributed by atoms with van der Waals surface area (Å²) in [6.07, 6.45) is 15.4. The third-order valence-corrected chi connectivity index (χ3v) is 4.07. The van der Waals surface area contributed by atoms with Crippen molar-refractivity contribution in [2.75, 3.05) is 0 Å². The Kier molecular flexibility index (Phi) is 1.44. The van der Waals surface area contributed by atoms with Crippen LogP contribution in [-0.2, 0) is 0 Å². The Morgan fingerprint density at radius 3 is 1.67 bits per heavy atom. The average Bonchev–Trinajstić information content (AvgIpc) is 2.20. The predicted molar refractivity (Wildman–Crippen MR) is 50.7 cm³/mol. The minimum atomic E-state index is 0.935. The van der Waals surface area contributed by atoms with Gasteiger partial charge in [0.05, 0.1) is 0 Å². The first kappa shape index (κ1) is 6.94. The van der Waals surface area contributed by atoms with Gasteiger partial charge in [0.2, 0.25) is 0 Å². The molecule has 4 rings (SSSR count). The molecule has 4 aliphatic carbocycles. The van der Waals surface area contributed by atoms with Crippen LogP contribution in [0.1, 0.15) is 25.7 Å². The first-order valence-corrected chi connectivity index (χ1v) is 5.28. The van der Waals surface area contributed by atoms with Crippen molar-refractivity contribution in [3.8, 4) is 0 Å². The van der Waals surface area contributed by atoms with Gasteiger partial charge in [-0.05, 0) is 49.4 Å². The van der Waals surface area contributed by atoms with E-state index in [4.69, 9.17) is 0 Å². The molecule has 64 valence electrons. The van der Waals surface area contributed by atoms with Crippen LogP contribution in [0, 0.1) is 23.7 Å². The van der Waals surface area contributed by atoms with Gasteiger partial charge in [0.1, 0.15) is 0 Å². The van der Waals surface area contributed by atoms with Crippen molar-refractivity contribution in [2.24, 2.45) is 23.7 Å². The number of rotatable bonds is 0. The SMILES string of the molecule is C1=CCC2C3C=CC(CC3)C2C1. The molecule has 0 aliphatic heterocycles. The zero-order valence-electron chi connectivity index (χ0n) is 7.45. The van der Waals surface area contributed by atoms with Gasteiger partial charge in [-0.15, -0.1) is 0 Å². The van der Waals surface area contributed by atoms with Crippen LogP contribution in [0.15, 0.2) is 24.3 Å². The Bertz CT molecular complexity index is 212. The highest BCUT2D eigenvalue weighted by molar-refractivity contribution is 5.13. The molecular weight excluding hydrogens is 144 g/mol. The van der Waals surface area contributed by atoms with Crippen molar-refractivity contribution in [2.45, 2.75) is 25.7 Å². The minimum absolute atomic E-state index is 0.935. The lowest BCUT2D eigenvalue weighted by molar-refractivity contribution is 0.119. The molecule has 1 saturated carbocycles. The maximum atomic E-state index is 2.49. The van der Waals surface area contributed by atoms with E-state index in [2.05, 4.69) is 24.3 Å². The first-order chi connectivity index (χ1) is 5.95. The van der Waals surface area contributed by atoms with Crippen LogP contribution in [0.5, 0.6) is 0 Å². The molecule has 0 radical (unpaired) electrons. The second-order valence-electron chi connectivity index (χ2n) is 4.56. The highest BCUT2D eigenvalue weighted by Crippen LogP contribution is 2.49. The van der Waals surface area contributed by atoms with E-state index in [0.29, 0.717) is 0 Å². The van der Waals surface area contributed by atoms with Gasteiger partial charge < -0.3 is 0 Å². The van der Waals surface area contributed by atoms with Crippen LogP contribution in [0.3, 0.4) is 0 Å². The van der Waals surface area contributed by atoms with E-state index in [1.54, 1.807) is 0 Å². The maximum absolute atomic E-state index is 2.49. The third kappa shape index (κ3) is 0.840. The van der Waals surface area contributed by atoms with Gasteiger partial charge in [-0.2, -0.15) is 0 Å². The third-order valence-electron chi connectivity index (χ3n) is 4.07. The normalized spacial score (nSPS) is 49.3. The molecule has 4 aliphatic rings. The largest absolute Gasteiger partial charge is 0.0882 e. The van der Waals surface area contributed by atoms with Gasteiger partial charge in [-0.25, -0.2) is 0 Å². The molecule has 0 aromatic rings. The second-order valence-corrected chi connectivity index (χ2v) is 4.56. The summed E-state index contributed by atoms with van der Waals surface area (Å²) in [5.41, 5.74) is 0. The number of allylic oxidation sites excluding steroid dienone is 4. The number of hydrogen-bond acceptors (Lipinski definition) is 0. The molecular formula is C12H16. The Morgan fingerprint density at radius 2 is 1.25 bits per heavy atom. The van der Waals surface area contributed by atoms with E-state index in [0.717, 1.165) is 23.7 Å². The van der Waals surface area contributed by atoms with Gasteiger partial charge in [0.15, 0.2) is 0 Å². The van der Waals surface area contributed by atoms with Crippen LogP contribution in [0.4, 0.5) is 0 Å². The lowest BCUT2D eigenvalue weighted by atomic mass is 9.59. The molecule has 0 heteroatoms. The lowest BCUT2D eigenvalue weighted by Crippen LogP contribution is -2.37. The average molecular weight is 160 g/mol. The number of hydrogen-bond donors (Lipinski definition) is 0. The summed E-state index contributed by atoms with van der Waals surface area (Å²) in [5, 5.41) is 0. The first-order valence-electron chi connectivity index (χ1n) is 5.28. The summed E-state index contributed by atoms with van der Waals surface area (Å²) in [6.45, 7) is 0. The summed E-state index contributed by atoms with van der Waals surface area (Å²) in [4.78, 5) is 0. The van der Waals surface area contributed by atoms with E-state index in [9.17, 15) is 0 Å². The predicted octanol–water partition coefficient (Wildman–Crippen LogP) is 3.16. The van der Waals surface area contributed by atoms with E-state index in [1.165, 1.54) is 25.7 Å². The van der Waals surface area contributed by atoms with Crippen molar-refractivity contribution in [3.63, 3.8) is 0 Å². The van der Waals surface area contributed by atoms with Gasteiger partial charge in [0.25, 0.3) is 0 Å². The molecule has 1 fully saturated rings. The van der Waals surface area contributed by atoms with Gasteiger partial charge >= 0.3 is 0 Å². The Labute approximate surface area is 74.4 Å². The second kappa shape index (κ2) is 2.48. The molecule has 0 aromatic heterocycles. The smallest absolute Gasteiger partial charge is 0.0199 e. The summed E-state index contributed by atoms with van der Waals surface area (Å²) in [6, 6.07) is 0. The topological polar surface area (TPSA) is 0 Å². The minimum Gasteiger partial charge on any atom is -0.0882 e. The summed E-state index contributed by atoms with van der Waals surface area (Å²) < 4.78 is 0. The van der Waals surface area contributed by atoms with E-state index < -0.39 is 0 Å². The molecule has 2 bridgehead atoms. The molecule has 0 aromatic carbocycles. The summed E-state index contributed by atoms with van der Waals surface area (Å²) in [7, 11) is 0. The highest BCUT2D eigenvalue weighted by Gasteiger charge is 2.39. The fraction of sp³-hybridized carbons (Fsp3) is 0.667. The zero-order chi connectivity index (χ0) is 7.97. The monoisotopic (exact) mass is 160 g/mol. The Hall–Kier alpha value is -0.520. The zero-order valence-corrected chi connectivity index (χ0v) is 7.45. The highest BCUT2D eigenvalue weighted by atomic mass is 14.4. The van der Waals surface area contributed by atoms with Crippen molar-refractivity contribution in [3.05, 3.63) is 24.3 Å². The maximum Gasteiger partial charge on any atom is -0.0199 e. The Balaban J connectivity index is 1.95. The van der Waals surface area contributed by atoms with Crippen molar-refractivity contribution in [1.82, 2.24) is 0 Å². The Morgan fingerprint density at radius 1 is 0.750 bits per heavy atom. The fourth-order valence-corrected chi connectivity index (χ4v) is 3.42. The van der Waals surface area contributed by atoms with Crippen molar-refractivity contribution >= 4 is 0 Å². The molecule has 4 atom stereocenters. The molecule has 4 unspecified atom stereocenters. The van der Waals surface area contributed by atoms with Crippen LogP contribution in [0.25, 0.3) is 0 Å². The molecule has 0 heterocycles. The molecule has 0 amide bonds. The van der Waals surface area contributed by atoms with Crippen LogP contribution in [0.2, 0.25) is 0 Å². The van der Waals surface area contributed by atoms with Crippen LogP contribution in [-0.4, -0.2) is 0 Å². The molecule has 0 N–H and O–H groups in total. The van der Waals surface area contributed by atoms with Gasteiger partial charge in [-0.3, -0.25) is 0 Å². The quantitative estimate of drug-likeness (QED) is 0.477. The van der Waals surface area contributed by atoms with Crippen molar-refractivity contribution in [1.29, 1.82) is 0 Å². The van der Waals surface area contributed by atoms with Crippen molar-refractivity contribution < 1.29 is 0 Å². The summed E-state index contributed by atoms with van der Waals surface area (Å²) >= 11 is 0. The van der Waals surface area contributed by atoms with E-state index in [-0.39, 0.29) is 0 Å². The molecule has 0 nitrogen and oxygen atoms in total. The molecule has 12 heavy (non-hydrogen) atoms. The molecule has 0 saturated heterocycles. The standard InChI is InChI=1S/C12H16/c1-2-4-12-10-7-5-9(6-8-10)11(12)3-1/h1-2,5,7,9-12H,3-4,6,8H2. The lowest BCUT2D eigenvalue weighted by Gasteiger charge is -2.46.